The number of carbonyl (C=O) groups is 3. The second kappa shape index (κ2) is 7.11. The molecule has 0 amide bonds. The van der Waals surface area contributed by atoms with E-state index in [0.717, 1.165) is 6.42 Å². The molecule has 0 aromatic rings. The van der Waals surface area contributed by atoms with Gasteiger partial charge in [0.2, 0.25) is 0 Å². The number of aliphatic carboxylic acids is 1. The van der Waals surface area contributed by atoms with Crippen molar-refractivity contribution in [2.45, 2.75) is 45.1 Å². The highest BCUT2D eigenvalue weighted by atomic mass is 16.6. The van der Waals surface area contributed by atoms with E-state index in [1.165, 1.54) is 20.0 Å². The largest absolute Gasteiger partial charge is 0.481 e. The minimum atomic E-state index is -0.986. The van der Waals surface area contributed by atoms with Crippen LogP contribution in [0.2, 0.25) is 0 Å². The quantitative estimate of drug-likeness (QED) is 0.777. The summed E-state index contributed by atoms with van der Waals surface area (Å²) in [5.74, 6) is -0.589. The number of cyclic esters (lactones) is 1. The minimum Gasteiger partial charge on any atom is -0.481 e. The Hall–Kier alpha value is -1.59. The zero-order valence-electron chi connectivity index (χ0n) is 11.3. The summed E-state index contributed by atoms with van der Waals surface area (Å²) in [4.78, 5) is 30.9. The molecule has 1 saturated carbocycles. The van der Waals surface area contributed by atoms with E-state index in [0.29, 0.717) is 5.92 Å². The number of carboxylic acids is 1. The van der Waals surface area contributed by atoms with Crippen molar-refractivity contribution >= 4 is 17.9 Å². The van der Waals surface area contributed by atoms with Crippen molar-refractivity contribution in [2.75, 3.05) is 7.11 Å². The molecular weight excluding hydrogens is 252 g/mol. The molecule has 1 aliphatic heterocycles. The molecule has 2 unspecified atom stereocenters. The van der Waals surface area contributed by atoms with Gasteiger partial charge in [0.1, 0.15) is 6.10 Å². The van der Waals surface area contributed by atoms with E-state index in [9.17, 15) is 14.4 Å². The number of hydrogen-bond acceptors (Lipinski definition) is 5. The van der Waals surface area contributed by atoms with E-state index < -0.39 is 11.9 Å². The van der Waals surface area contributed by atoms with E-state index in [-0.39, 0.29) is 30.8 Å². The minimum absolute atomic E-state index is 0.0110. The van der Waals surface area contributed by atoms with Gasteiger partial charge in [0, 0.05) is 0 Å². The molecule has 2 atom stereocenters. The van der Waals surface area contributed by atoms with Gasteiger partial charge in [-0.2, -0.15) is 0 Å². The molecule has 108 valence electrons. The maximum absolute atomic E-state index is 10.9. The predicted molar refractivity (Wildman–Crippen MR) is 65.3 cm³/mol. The molecule has 19 heavy (non-hydrogen) atoms. The molecule has 6 nitrogen and oxygen atoms in total. The van der Waals surface area contributed by atoms with Gasteiger partial charge in [-0.1, -0.05) is 6.92 Å². The molecule has 0 radical (unpaired) electrons. The smallest absolute Gasteiger partial charge is 0.309 e. The summed E-state index contributed by atoms with van der Waals surface area (Å²) in [5.41, 5.74) is 0. The van der Waals surface area contributed by atoms with Gasteiger partial charge in [-0.25, -0.2) is 0 Å². The highest BCUT2D eigenvalue weighted by molar-refractivity contribution is 5.76. The maximum atomic E-state index is 10.9. The molecule has 1 heterocycles. The lowest BCUT2D eigenvalue weighted by Gasteiger charge is -2.04. The van der Waals surface area contributed by atoms with Crippen LogP contribution in [0.1, 0.15) is 39.0 Å². The molecular formula is C13H20O6. The van der Waals surface area contributed by atoms with E-state index >= 15 is 0 Å². The average Bonchev–Trinajstić information content (AvgIpc) is 3.15. The fourth-order valence-corrected chi connectivity index (χ4v) is 1.83. The normalized spacial score (nSPS) is 25.1. The molecule has 2 aliphatic rings. The Morgan fingerprint density at radius 2 is 2.00 bits per heavy atom. The summed E-state index contributed by atoms with van der Waals surface area (Å²) in [6.07, 6.45) is 3.57. The second-order valence-electron chi connectivity index (χ2n) is 4.92. The summed E-state index contributed by atoms with van der Waals surface area (Å²) in [7, 11) is 1.23. The topological polar surface area (TPSA) is 89.9 Å². The molecule has 1 saturated heterocycles. The van der Waals surface area contributed by atoms with Crippen LogP contribution in [0.4, 0.5) is 0 Å². The second-order valence-corrected chi connectivity index (χ2v) is 4.92. The monoisotopic (exact) mass is 272 g/mol. The summed E-state index contributed by atoms with van der Waals surface area (Å²) in [6.45, 7) is 1.95. The van der Waals surface area contributed by atoms with Crippen LogP contribution in [-0.2, 0) is 23.9 Å². The van der Waals surface area contributed by atoms with Crippen LogP contribution in [-0.4, -0.2) is 36.2 Å². The number of ether oxygens (including phenoxy) is 2. The lowest BCUT2D eigenvalue weighted by Crippen LogP contribution is -2.08. The molecule has 2 fully saturated rings. The van der Waals surface area contributed by atoms with Gasteiger partial charge in [0.15, 0.2) is 0 Å². The first-order chi connectivity index (χ1) is 8.93. The van der Waals surface area contributed by atoms with Crippen molar-refractivity contribution in [1.82, 2.24) is 0 Å². The Morgan fingerprint density at radius 3 is 2.37 bits per heavy atom. The number of carbonyl (C=O) groups excluding carboxylic acids is 2. The summed E-state index contributed by atoms with van der Waals surface area (Å²) in [5, 5.41) is 8.05. The summed E-state index contributed by atoms with van der Waals surface area (Å²) < 4.78 is 9.36. The van der Waals surface area contributed by atoms with Gasteiger partial charge in [-0.05, 0) is 25.2 Å². The van der Waals surface area contributed by atoms with Crippen molar-refractivity contribution in [1.29, 1.82) is 0 Å². The average molecular weight is 272 g/mol. The Balaban J connectivity index is 0.000000192. The standard InChI is InChI=1S/C8H12O2.C5H8O4/c1-5-4-7(6-2-3-6)10-8(5)9;1-9-5(8)3-2-4(6)7/h5-7H,2-4H2,1H3;2-3H2,1H3,(H,6,7). The lowest BCUT2D eigenvalue weighted by atomic mass is 10.1. The van der Waals surface area contributed by atoms with Gasteiger partial charge < -0.3 is 14.6 Å². The molecule has 1 N–H and O–H groups in total. The number of rotatable bonds is 4. The molecule has 0 aromatic heterocycles. The fourth-order valence-electron chi connectivity index (χ4n) is 1.83. The zero-order valence-corrected chi connectivity index (χ0v) is 11.3. The predicted octanol–water partition coefficient (Wildman–Crippen LogP) is 1.37. The SMILES string of the molecule is CC1CC(C2CC2)OC1=O.COC(=O)CCC(=O)O. The first kappa shape index (κ1) is 15.5. The maximum Gasteiger partial charge on any atom is 0.309 e. The Bertz CT molecular complexity index is 347. The third-order valence-electron chi connectivity index (χ3n) is 3.17. The Kier molecular flexibility index (Phi) is 5.79. The Labute approximate surface area is 112 Å². The summed E-state index contributed by atoms with van der Waals surface area (Å²) >= 11 is 0. The lowest BCUT2D eigenvalue weighted by molar-refractivity contribution is -0.145. The van der Waals surface area contributed by atoms with Crippen LogP contribution in [0.15, 0.2) is 0 Å². The number of carboxylic acid groups (broad SMARTS) is 1. The van der Waals surface area contributed by atoms with E-state index in [1.807, 2.05) is 6.92 Å². The van der Waals surface area contributed by atoms with Crippen LogP contribution < -0.4 is 0 Å². The first-order valence-corrected chi connectivity index (χ1v) is 6.43. The van der Waals surface area contributed by atoms with Crippen molar-refractivity contribution in [3.63, 3.8) is 0 Å². The highest BCUT2D eigenvalue weighted by Crippen LogP contribution is 2.40. The van der Waals surface area contributed by atoms with Crippen LogP contribution in [0, 0.1) is 11.8 Å². The molecule has 6 heteroatoms. The van der Waals surface area contributed by atoms with Gasteiger partial charge in [0.25, 0.3) is 0 Å². The van der Waals surface area contributed by atoms with E-state index in [2.05, 4.69) is 4.74 Å². The molecule has 0 bridgehead atoms. The molecule has 1 aliphatic carbocycles. The van der Waals surface area contributed by atoms with Crippen molar-refractivity contribution in [3.8, 4) is 0 Å². The zero-order chi connectivity index (χ0) is 14.4. The molecule has 0 spiro atoms. The number of esters is 2. The van der Waals surface area contributed by atoms with Crippen LogP contribution >= 0.6 is 0 Å². The third-order valence-corrected chi connectivity index (χ3v) is 3.17. The van der Waals surface area contributed by atoms with Crippen molar-refractivity contribution in [3.05, 3.63) is 0 Å². The van der Waals surface area contributed by atoms with Crippen LogP contribution in [0.25, 0.3) is 0 Å². The van der Waals surface area contributed by atoms with Gasteiger partial charge in [0.05, 0.1) is 25.9 Å². The van der Waals surface area contributed by atoms with Gasteiger partial charge in [-0.15, -0.1) is 0 Å². The first-order valence-electron chi connectivity index (χ1n) is 6.43. The van der Waals surface area contributed by atoms with Crippen LogP contribution in [0.3, 0.4) is 0 Å². The van der Waals surface area contributed by atoms with E-state index in [4.69, 9.17) is 9.84 Å². The van der Waals surface area contributed by atoms with Crippen LogP contribution in [0.5, 0.6) is 0 Å². The summed E-state index contributed by atoms with van der Waals surface area (Å²) in [6, 6.07) is 0. The number of methoxy groups -OCH3 is 1. The third kappa shape index (κ3) is 5.72. The molecule has 2 rings (SSSR count). The van der Waals surface area contributed by atoms with Gasteiger partial charge in [-0.3, -0.25) is 14.4 Å². The highest BCUT2D eigenvalue weighted by Gasteiger charge is 2.41. The Morgan fingerprint density at radius 1 is 1.37 bits per heavy atom. The van der Waals surface area contributed by atoms with Gasteiger partial charge >= 0.3 is 17.9 Å². The van der Waals surface area contributed by atoms with Crippen molar-refractivity contribution < 1.29 is 29.0 Å². The number of hydrogen-bond donors (Lipinski definition) is 1. The fraction of sp³-hybridized carbons (Fsp3) is 0.769. The van der Waals surface area contributed by atoms with Crippen molar-refractivity contribution in [2.24, 2.45) is 11.8 Å². The van der Waals surface area contributed by atoms with E-state index in [1.54, 1.807) is 0 Å². The molecule has 0 aromatic carbocycles.